The molecule has 0 radical (unpaired) electrons. The molecule has 0 saturated carbocycles. The quantitative estimate of drug-likeness (QED) is 0.676. The van der Waals surface area contributed by atoms with Crippen LogP contribution in [-0.2, 0) is 10.0 Å². The van der Waals surface area contributed by atoms with E-state index in [-0.39, 0.29) is 16.4 Å². The lowest BCUT2D eigenvalue weighted by atomic mass is 10.3. The molecule has 0 aliphatic carbocycles. The molecule has 0 bridgehead atoms. The van der Waals surface area contributed by atoms with Crippen molar-refractivity contribution in [2.75, 3.05) is 5.32 Å². The summed E-state index contributed by atoms with van der Waals surface area (Å²) in [5.41, 5.74) is 1.79. The number of hydrogen-bond acceptors (Lipinski definition) is 6. The van der Waals surface area contributed by atoms with Gasteiger partial charge in [0.05, 0.1) is 4.90 Å². The van der Waals surface area contributed by atoms with E-state index in [1.54, 1.807) is 18.2 Å². The number of benzene rings is 2. The molecule has 0 atom stereocenters. The van der Waals surface area contributed by atoms with Crippen molar-refractivity contribution in [3.63, 3.8) is 0 Å². The van der Waals surface area contributed by atoms with Crippen molar-refractivity contribution in [1.82, 2.24) is 4.98 Å². The van der Waals surface area contributed by atoms with E-state index in [1.165, 1.54) is 30.5 Å². The zero-order valence-electron chi connectivity index (χ0n) is 12.6. The Hall–Kier alpha value is -2.86. The Bertz CT molecular complexity index is 1110. The molecule has 3 aromatic rings. The van der Waals surface area contributed by atoms with Gasteiger partial charge in [-0.1, -0.05) is 11.6 Å². The van der Waals surface area contributed by atoms with E-state index in [0.29, 0.717) is 21.8 Å². The van der Waals surface area contributed by atoms with Crippen molar-refractivity contribution < 1.29 is 12.8 Å². The van der Waals surface area contributed by atoms with Gasteiger partial charge in [-0.15, -0.1) is 0 Å². The molecule has 126 valence electrons. The molecule has 1 aromatic heterocycles. The summed E-state index contributed by atoms with van der Waals surface area (Å²) < 4.78 is 28.0. The monoisotopic (exact) mass is 374 g/mol. The average molecular weight is 375 g/mol. The number of hydrogen-bond donors (Lipinski definition) is 2. The SMILES string of the molecule is N#CC(=CNc1ccc(S(N)(=O)=O)cc1)c1nc2cc(Cl)ccc2o1. The fourth-order valence-electron chi connectivity index (χ4n) is 2.05. The third kappa shape index (κ3) is 3.80. The number of rotatable bonds is 4. The van der Waals surface area contributed by atoms with E-state index in [1.807, 2.05) is 6.07 Å². The van der Waals surface area contributed by atoms with Gasteiger partial charge in [0.2, 0.25) is 15.9 Å². The smallest absolute Gasteiger partial charge is 0.239 e. The number of nitriles is 1. The van der Waals surface area contributed by atoms with Crippen LogP contribution in [0.5, 0.6) is 0 Å². The number of nitrogens with one attached hydrogen (secondary N) is 1. The first-order valence-corrected chi connectivity index (χ1v) is 8.85. The Morgan fingerprint density at radius 1 is 1.28 bits per heavy atom. The fraction of sp³-hybridized carbons (Fsp3) is 0. The molecule has 0 spiro atoms. The number of aromatic nitrogens is 1. The van der Waals surface area contributed by atoms with Crippen molar-refractivity contribution in [1.29, 1.82) is 5.26 Å². The highest BCUT2D eigenvalue weighted by Gasteiger charge is 2.11. The predicted octanol–water partition coefficient (Wildman–Crippen LogP) is 3.11. The number of nitrogens with zero attached hydrogens (tertiary/aromatic N) is 2. The normalized spacial score (nSPS) is 12.1. The van der Waals surface area contributed by atoms with E-state index in [0.717, 1.165) is 0 Å². The second-order valence-corrected chi connectivity index (χ2v) is 7.01. The maximum atomic E-state index is 11.2. The van der Waals surface area contributed by atoms with Crippen LogP contribution >= 0.6 is 11.6 Å². The molecule has 0 saturated heterocycles. The van der Waals surface area contributed by atoms with Gasteiger partial charge < -0.3 is 9.73 Å². The molecule has 0 amide bonds. The van der Waals surface area contributed by atoms with Gasteiger partial charge >= 0.3 is 0 Å². The Balaban J connectivity index is 1.86. The summed E-state index contributed by atoms with van der Waals surface area (Å²) >= 11 is 5.90. The number of anilines is 1. The largest absolute Gasteiger partial charge is 0.435 e. The van der Waals surface area contributed by atoms with Gasteiger partial charge in [-0.05, 0) is 42.5 Å². The minimum Gasteiger partial charge on any atom is -0.435 e. The van der Waals surface area contributed by atoms with Crippen LogP contribution in [0.3, 0.4) is 0 Å². The maximum Gasteiger partial charge on any atom is 0.239 e. The van der Waals surface area contributed by atoms with Crippen molar-refractivity contribution in [2.45, 2.75) is 4.90 Å². The Labute approximate surface area is 148 Å². The van der Waals surface area contributed by atoms with Gasteiger partial charge in [0.1, 0.15) is 17.2 Å². The highest BCUT2D eigenvalue weighted by atomic mass is 35.5. The number of fused-ring (bicyclic) bond motifs is 1. The summed E-state index contributed by atoms with van der Waals surface area (Å²) in [6, 6.07) is 12.7. The van der Waals surface area contributed by atoms with Gasteiger partial charge in [-0.25, -0.2) is 18.5 Å². The number of oxazole rings is 1. The van der Waals surface area contributed by atoms with E-state index in [9.17, 15) is 13.7 Å². The number of sulfonamides is 1. The molecule has 0 unspecified atom stereocenters. The summed E-state index contributed by atoms with van der Waals surface area (Å²) in [5, 5.41) is 17.7. The van der Waals surface area contributed by atoms with Crippen LogP contribution in [0.25, 0.3) is 16.7 Å². The minimum absolute atomic E-state index is 0.00151. The lowest BCUT2D eigenvalue weighted by Crippen LogP contribution is -2.11. The highest BCUT2D eigenvalue weighted by molar-refractivity contribution is 7.89. The van der Waals surface area contributed by atoms with Gasteiger partial charge in [-0.2, -0.15) is 5.26 Å². The van der Waals surface area contributed by atoms with Crippen LogP contribution in [0.4, 0.5) is 5.69 Å². The van der Waals surface area contributed by atoms with Crippen LogP contribution in [0, 0.1) is 11.3 Å². The maximum absolute atomic E-state index is 11.2. The molecule has 0 fully saturated rings. The zero-order chi connectivity index (χ0) is 18.0. The van der Waals surface area contributed by atoms with Crippen molar-refractivity contribution in [2.24, 2.45) is 5.14 Å². The lowest BCUT2D eigenvalue weighted by molar-refractivity contribution is 0.586. The van der Waals surface area contributed by atoms with Crippen LogP contribution in [-0.4, -0.2) is 13.4 Å². The summed E-state index contributed by atoms with van der Waals surface area (Å²) in [7, 11) is -3.75. The molecule has 9 heteroatoms. The molecule has 3 N–H and O–H groups in total. The molecular weight excluding hydrogens is 364 g/mol. The van der Waals surface area contributed by atoms with E-state index in [2.05, 4.69) is 10.3 Å². The Kier molecular flexibility index (Phi) is 4.46. The molecular formula is C16H11ClN4O3S. The third-order valence-electron chi connectivity index (χ3n) is 3.27. The first-order chi connectivity index (χ1) is 11.9. The summed E-state index contributed by atoms with van der Waals surface area (Å²) in [5.74, 6) is 0.147. The molecule has 3 rings (SSSR count). The summed E-state index contributed by atoms with van der Waals surface area (Å²) in [6.07, 6.45) is 1.41. The van der Waals surface area contributed by atoms with Crippen molar-refractivity contribution in [3.8, 4) is 6.07 Å². The van der Waals surface area contributed by atoms with Gasteiger partial charge in [0.15, 0.2) is 5.58 Å². The van der Waals surface area contributed by atoms with Crippen molar-refractivity contribution >= 4 is 44.0 Å². The topological polar surface area (TPSA) is 122 Å². The lowest BCUT2D eigenvalue weighted by Gasteiger charge is -2.02. The van der Waals surface area contributed by atoms with Crippen LogP contribution in [0.15, 0.2) is 58.0 Å². The molecule has 0 aliphatic rings. The highest BCUT2D eigenvalue weighted by Crippen LogP contribution is 2.23. The Morgan fingerprint density at radius 3 is 2.64 bits per heavy atom. The number of allylic oxidation sites excluding steroid dienone is 1. The summed E-state index contributed by atoms with van der Waals surface area (Å²) in [6.45, 7) is 0. The minimum atomic E-state index is -3.75. The van der Waals surface area contributed by atoms with E-state index in [4.69, 9.17) is 21.2 Å². The Morgan fingerprint density at radius 2 is 2.00 bits per heavy atom. The van der Waals surface area contributed by atoms with Gasteiger partial charge in [0.25, 0.3) is 0 Å². The number of primary sulfonamides is 1. The van der Waals surface area contributed by atoms with Gasteiger partial charge in [0, 0.05) is 16.9 Å². The summed E-state index contributed by atoms with van der Waals surface area (Å²) in [4.78, 5) is 4.22. The average Bonchev–Trinajstić information content (AvgIpc) is 2.98. The zero-order valence-corrected chi connectivity index (χ0v) is 14.2. The standard InChI is InChI=1S/C16H11ClN4O3S/c17-11-1-6-15-14(7-11)21-16(24-15)10(8-18)9-20-12-2-4-13(5-3-12)25(19,22)23/h1-7,9,20H,(H2,19,22,23). The van der Waals surface area contributed by atoms with Crippen LogP contribution in [0.1, 0.15) is 5.89 Å². The second-order valence-electron chi connectivity index (χ2n) is 5.01. The third-order valence-corrected chi connectivity index (χ3v) is 4.43. The first kappa shape index (κ1) is 17.0. The van der Waals surface area contributed by atoms with E-state index < -0.39 is 10.0 Å². The molecule has 25 heavy (non-hydrogen) atoms. The van der Waals surface area contributed by atoms with E-state index >= 15 is 0 Å². The molecule has 0 aliphatic heterocycles. The molecule has 2 aromatic carbocycles. The first-order valence-electron chi connectivity index (χ1n) is 6.93. The predicted molar refractivity (Wildman–Crippen MR) is 94.0 cm³/mol. The molecule has 7 nitrogen and oxygen atoms in total. The number of halogens is 1. The second kappa shape index (κ2) is 6.57. The molecule has 1 heterocycles. The van der Waals surface area contributed by atoms with Crippen LogP contribution < -0.4 is 10.5 Å². The van der Waals surface area contributed by atoms with Crippen LogP contribution in [0.2, 0.25) is 5.02 Å². The number of nitrogens with two attached hydrogens (primary N) is 1. The fourth-order valence-corrected chi connectivity index (χ4v) is 2.74. The van der Waals surface area contributed by atoms with Gasteiger partial charge in [-0.3, -0.25) is 0 Å². The van der Waals surface area contributed by atoms with Crippen molar-refractivity contribution in [3.05, 3.63) is 59.6 Å².